The Morgan fingerprint density at radius 2 is 1.79 bits per heavy atom. The molecule has 4 heteroatoms. The van der Waals surface area contributed by atoms with Gasteiger partial charge in [-0.05, 0) is 60.5 Å². The minimum absolute atomic E-state index is 0.314. The topological polar surface area (TPSA) is 26.7 Å². The van der Waals surface area contributed by atoms with E-state index in [1.807, 2.05) is 11.8 Å². The molecule has 0 bridgehead atoms. The van der Waals surface area contributed by atoms with Gasteiger partial charge in [0, 0.05) is 48.6 Å². The van der Waals surface area contributed by atoms with Gasteiger partial charge in [0.1, 0.15) is 0 Å². The Labute approximate surface area is 180 Å². The average molecular weight is 411 g/mol. The van der Waals surface area contributed by atoms with Gasteiger partial charge < -0.3 is 10.0 Å². The molecule has 2 aliphatic rings. The first-order valence-electron chi connectivity index (χ1n) is 11.1. The van der Waals surface area contributed by atoms with Crippen molar-refractivity contribution in [2.45, 2.75) is 54.9 Å². The average Bonchev–Trinajstić information content (AvgIpc) is 2.90. The lowest BCUT2D eigenvalue weighted by Crippen LogP contribution is -2.48. The lowest BCUT2D eigenvalue weighted by atomic mass is 9.93. The predicted octanol–water partition coefficient (Wildman–Crippen LogP) is 4.95. The molecule has 0 aromatic heterocycles. The second-order valence-electron chi connectivity index (χ2n) is 8.69. The summed E-state index contributed by atoms with van der Waals surface area (Å²) in [5, 5.41) is 9.04. The highest BCUT2D eigenvalue weighted by molar-refractivity contribution is 7.99. The summed E-state index contributed by atoms with van der Waals surface area (Å²) in [6, 6.07) is 16.6. The number of piperazine rings is 1. The van der Waals surface area contributed by atoms with Crippen LogP contribution in [0.1, 0.15) is 55.3 Å². The number of fused-ring (bicyclic) bond motifs is 2. The molecular weight excluding hydrogens is 376 g/mol. The zero-order valence-electron chi connectivity index (χ0n) is 17.8. The predicted molar refractivity (Wildman–Crippen MR) is 122 cm³/mol. The van der Waals surface area contributed by atoms with Crippen molar-refractivity contribution < 1.29 is 5.11 Å². The largest absolute Gasteiger partial charge is 0.396 e. The first-order chi connectivity index (χ1) is 14.2. The molecule has 1 unspecified atom stereocenters. The Balaban J connectivity index is 1.58. The lowest BCUT2D eigenvalue weighted by molar-refractivity contribution is 0.0922. The summed E-state index contributed by atoms with van der Waals surface area (Å²) in [5.74, 6) is 0.556. The Bertz CT molecular complexity index is 814. The van der Waals surface area contributed by atoms with E-state index in [-0.39, 0.29) is 0 Å². The van der Waals surface area contributed by atoms with Crippen molar-refractivity contribution in [3.05, 3.63) is 59.2 Å². The maximum Gasteiger partial charge on any atom is 0.0431 e. The van der Waals surface area contributed by atoms with Crippen molar-refractivity contribution in [1.29, 1.82) is 0 Å². The third kappa shape index (κ3) is 4.88. The molecule has 2 aromatic rings. The lowest BCUT2D eigenvalue weighted by Gasteiger charge is -2.40. The molecule has 0 radical (unpaired) electrons. The fourth-order valence-corrected chi connectivity index (χ4v) is 5.67. The third-order valence-electron chi connectivity index (χ3n) is 6.40. The zero-order chi connectivity index (χ0) is 20.2. The van der Waals surface area contributed by atoms with Gasteiger partial charge in [-0.1, -0.05) is 55.9 Å². The Hall–Kier alpha value is -1.33. The standard InChI is InChI=1S/C25H34N2OS/c1-19(2)20-9-10-25-22(17-20)23(18-21-7-3-4-8-24(21)29-25)27-14-12-26(13-15-27)11-5-6-16-28/h3-4,7-10,17,19,23,28H,5-6,11-16,18H2,1-2H3. The number of aliphatic hydroxyl groups is 1. The number of hydrogen-bond acceptors (Lipinski definition) is 4. The summed E-state index contributed by atoms with van der Waals surface area (Å²) in [7, 11) is 0. The summed E-state index contributed by atoms with van der Waals surface area (Å²) in [6.45, 7) is 10.5. The quantitative estimate of drug-likeness (QED) is 0.682. The van der Waals surface area contributed by atoms with Crippen LogP contribution in [0.25, 0.3) is 0 Å². The van der Waals surface area contributed by atoms with Crippen molar-refractivity contribution in [1.82, 2.24) is 9.80 Å². The van der Waals surface area contributed by atoms with Crippen LogP contribution in [0.3, 0.4) is 0 Å². The maximum atomic E-state index is 9.04. The fraction of sp³-hybridized carbons (Fsp3) is 0.520. The Morgan fingerprint density at radius 3 is 2.55 bits per heavy atom. The molecule has 2 heterocycles. The Morgan fingerprint density at radius 1 is 1.00 bits per heavy atom. The molecule has 1 saturated heterocycles. The molecule has 156 valence electrons. The van der Waals surface area contributed by atoms with Crippen LogP contribution in [0.5, 0.6) is 0 Å². The first-order valence-corrected chi connectivity index (χ1v) is 11.9. The molecule has 0 aliphatic carbocycles. The number of hydrogen-bond donors (Lipinski definition) is 1. The van der Waals surface area contributed by atoms with Gasteiger partial charge in [-0.3, -0.25) is 4.90 Å². The van der Waals surface area contributed by atoms with Crippen molar-refractivity contribution in [3.8, 4) is 0 Å². The fourth-order valence-electron chi connectivity index (χ4n) is 4.56. The second-order valence-corrected chi connectivity index (χ2v) is 9.77. The van der Waals surface area contributed by atoms with Gasteiger partial charge in [0.15, 0.2) is 0 Å². The molecule has 2 aromatic carbocycles. The number of nitrogens with zero attached hydrogens (tertiary/aromatic N) is 2. The Kier molecular flexibility index (Phi) is 6.96. The minimum Gasteiger partial charge on any atom is -0.396 e. The van der Waals surface area contributed by atoms with Crippen molar-refractivity contribution >= 4 is 11.8 Å². The van der Waals surface area contributed by atoms with E-state index in [9.17, 15) is 0 Å². The molecule has 3 nitrogen and oxygen atoms in total. The molecule has 2 aliphatic heterocycles. The highest BCUT2D eigenvalue weighted by Crippen LogP contribution is 2.43. The van der Waals surface area contributed by atoms with Crippen molar-refractivity contribution in [3.63, 3.8) is 0 Å². The number of unbranched alkanes of at least 4 members (excludes halogenated alkanes) is 1. The van der Waals surface area contributed by atoms with Crippen LogP contribution in [-0.2, 0) is 6.42 Å². The van der Waals surface area contributed by atoms with E-state index in [0.717, 1.165) is 52.0 Å². The third-order valence-corrected chi connectivity index (χ3v) is 7.61. The van der Waals surface area contributed by atoms with Crippen molar-refractivity contribution in [2.24, 2.45) is 0 Å². The van der Waals surface area contributed by atoms with Crippen LogP contribution < -0.4 is 0 Å². The summed E-state index contributed by atoms with van der Waals surface area (Å²) >= 11 is 1.94. The first kappa shape index (κ1) is 20.9. The molecule has 4 rings (SSSR count). The van der Waals surface area contributed by atoms with E-state index in [2.05, 4.69) is 66.1 Å². The number of aliphatic hydroxyl groups excluding tert-OH is 1. The SMILES string of the molecule is CC(C)c1ccc2c(c1)C(N1CCN(CCCCO)CC1)Cc1ccccc1S2. The van der Waals surface area contributed by atoms with E-state index < -0.39 is 0 Å². The van der Waals surface area contributed by atoms with Gasteiger partial charge >= 0.3 is 0 Å². The van der Waals surface area contributed by atoms with Crippen LogP contribution >= 0.6 is 11.8 Å². The maximum absolute atomic E-state index is 9.04. The van der Waals surface area contributed by atoms with Crippen LogP contribution in [0.4, 0.5) is 0 Å². The molecule has 0 amide bonds. The van der Waals surface area contributed by atoms with Gasteiger partial charge in [-0.2, -0.15) is 0 Å². The van der Waals surface area contributed by atoms with E-state index in [1.54, 1.807) is 0 Å². The molecule has 1 atom stereocenters. The summed E-state index contributed by atoms with van der Waals surface area (Å²) in [6.07, 6.45) is 3.12. The summed E-state index contributed by atoms with van der Waals surface area (Å²) < 4.78 is 0. The van der Waals surface area contributed by atoms with E-state index in [0.29, 0.717) is 18.6 Å². The molecule has 29 heavy (non-hydrogen) atoms. The van der Waals surface area contributed by atoms with Gasteiger partial charge in [-0.25, -0.2) is 0 Å². The highest BCUT2D eigenvalue weighted by atomic mass is 32.2. The van der Waals surface area contributed by atoms with Gasteiger partial charge in [0.25, 0.3) is 0 Å². The zero-order valence-corrected chi connectivity index (χ0v) is 18.6. The number of rotatable bonds is 6. The van der Waals surface area contributed by atoms with Crippen LogP contribution in [0.15, 0.2) is 52.3 Å². The molecule has 1 fully saturated rings. The minimum atomic E-state index is 0.314. The molecule has 0 saturated carbocycles. The molecule has 1 N–H and O–H groups in total. The van der Waals surface area contributed by atoms with Crippen molar-refractivity contribution in [2.75, 3.05) is 39.3 Å². The van der Waals surface area contributed by atoms with Crippen LogP contribution in [0.2, 0.25) is 0 Å². The molecular formula is C25H34N2OS. The van der Waals surface area contributed by atoms with E-state index >= 15 is 0 Å². The van der Waals surface area contributed by atoms with Gasteiger partial charge in [-0.15, -0.1) is 0 Å². The smallest absolute Gasteiger partial charge is 0.0431 e. The molecule has 0 spiro atoms. The van der Waals surface area contributed by atoms with Gasteiger partial charge in [0.05, 0.1) is 0 Å². The normalized spacial score (nSPS) is 20.3. The number of benzene rings is 2. The monoisotopic (exact) mass is 410 g/mol. The summed E-state index contributed by atoms with van der Waals surface area (Å²) in [4.78, 5) is 8.12. The second kappa shape index (κ2) is 9.65. The summed E-state index contributed by atoms with van der Waals surface area (Å²) in [5.41, 5.74) is 4.45. The van der Waals surface area contributed by atoms with Crippen LogP contribution in [-0.4, -0.2) is 54.2 Å². The van der Waals surface area contributed by atoms with Gasteiger partial charge in [0.2, 0.25) is 0 Å². The van der Waals surface area contributed by atoms with E-state index in [4.69, 9.17) is 5.11 Å². The van der Waals surface area contributed by atoms with Crippen LogP contribution in [0, 0.1) is 0 Å². The van der Waals surface area contributed by atoms with E-state index in [1.165, 1.54) is 26.5 Å². The highest BCUT2D eigenvalue weighted by Gasteiger charge is 2.30.